The van der Waals surface area contributed by atoms with E-state index in [2.05, 4.69) is 0 Å². The first kappa shape index (κ1) is 11.3. The molecule has 17 heavy (non-hydrogen) atoms. The zero-order valence-corrected chi connectivity index (χ0v) is 9.47. The van der Waals surface area contributed by atoms with Crippen molar-refractivity contribution >= 4 is 11.7 Å². The van der Waals surface area contributed by atoms with Crippen LogP contribution in [-0.2, 0) is 4.79 Å². The number of ether oxygens (including phenoxy) is 1. The molecule has 0 amide bonds. The van der Waals surface area contributed by atoms with Gasteiger partial charge in [-0.05, 0) is 23.8 Å². The Balaban J connectivity index is 2.33. The van der Waals surface area contributed by atoms with Crippen LogP contribution in [0.5, 0.6) is 5.95 Å². The zero-order chi connectivity index (χ0) is 12.3. The Hall–Kier alpha value is -2.23. The first-order valence-electron chi connectivity index (χ1n) is 5.34. The summed E-state index contributed by atoms with van der Waals surface area (Å²) in [5.74, 6) is -0.118. The van der Waals surface area contributed by atoms with Crippen LogP contribution in [0, 0.1) is 0 Å². The topological polar surface area (TPSA) is 65.5 Å². The number of carbonyl (C=O) groups is 1. The van der Waals surface area contributed by atoms with E-state index in [0.717, 1.165) is 11.1 Å². The molecule has 0 bridgehead atoms. The summed E-state index contributed by atoms with van der Waals surface area (Å²) in [5, 5.41) is 0. The molecule has 1 aromatic carbocycles. The van der Waals surface area contributed by atoms with E-state index < -0.39 is 0 Å². The Labute approximate surface area is 99.0 Å². The smallest absolute Gasteiger partial charge is 0.313 e. The lowest BCUT2D eigenvalue weighted by Crippen LogP contribution is -2.05. The fraction of sp³-hybridized carbons (Fsp3) is 0.154. The number of hydrogen-bond donors (Lipinski definition) is 1. The monoisotopic (exact) mass is 231 g/mol. The molecule has 1 aromatic heterocycles. The molecule has 1 heterocycles. The average molecular weight is 231 g/mol. The minimum Gasteiger partial charge on any atom is -0.433 e. The Morgan fingerprint density at radius 1 is 1.41 bits per heavy atom. The van der Waals surface area contributed by atoms with Gasteiger partial charge in [-0.25, -0.2) is 0 Å². The zero-order valence-electron chi connectivity index (χ0n) is 9.47. The molecular formula is C13H13NO3. The van der Waals surface area contributed by atoms with E-state index in [9.17, 15) is 4.79 Å². The standard InChI is InChI=1S/C13H13NO3/c1-2-12(15)17-13-11(6-7-16-13)9-4-3-5-10(14)8-9/h3-8H,2,14H2,1H3. The molecule has 0 spiro atoms. The normalized spacial score (nSPS) is 10.2. The van der Waals surface area contributed by atoms with Crippen molar-refractivity contribution in [3.63, 3.8) is 0 Å². The van der Waals surface area contributed by atoms with Crippen LogP contribution >= 0.6 is 0 Å². The highest BCUT2D eigenvalue weighted by molar-refractivity contribution is 5.76. The number of benzene rings is 1. The molecule has 0 saturated heterocycles. The highest BCUT2D eigenvalue weighted by atomic mass is 16.6. The van der Waals surface area contributed by atoms with Crippen LogP contribution in [0.15, 0.2) is 41.0 Å². The molecule has 0 aliphatic carbocycles. The molecule has 0 aliphatic rings. The molecule has 4 heteroatoms. The van der Waals surface area contributed by atoms with Crippen LogP contribution < -0.4 is 10.5 Å². The SMILES string of the molecule is CCC(=O)Oc1occc1-c1cccc(N)c1. The summed E-state index contributed by atoms with van der Waals surface area (Å²) in [6.45, 7) is 1.73. The summed E-state index contributed by atoms with van der Waals surface area (Å²) in [4.78, 5) is 11.2. The lowest BCUT2D eigenvalue weighted by Gasteiger charge is -2.03. The van der Waals surface area contributed by atoms with Crippen molar-refractivity contribution < 1.29 is 13.9 Å². The van der Waals surface area contributed by atoms with E-state index >= 15 is 0 Å². The van der Waals surface area contributed by atoms with E-state index in [1.54, 1.807) is 25.1 Å². The number of esters is 1. The maximum absolute atomic E-state index is 11.2. The van der Waals surface area contributed by atoms with Crippen molar-refractivity contribution in [1.29, 1.82) is 0 Å². The fourth-order valence-electron chi connectivity index (χ4n) is 1.47. The molecule has 4 nitrogen and oxygen atoms in total. The van der Waals surface area contributed by atoms with Crippen LogP contribution in [0.1, 0.15) is 13.3 Å². The number of anilines is 1. The number of carbonyl (C=O) groups excluding carboxylic acids is 1. The van der Waals surface area contributed by atoms with Gasteiger partial charge in [-0.1, -0.05) is 19.1 Å². The average Bonchev–Trinajstić information content (AvgIpc) is 2.77. The van der Waals surface area contributed by atoms with Gasteiger partial charge in [0.1, 0.15) is 0 Å². The van der Waals surface area contributed by atoms with Gasteiger partial charge in [-0.2, -0.15) is 0 Å². The Bertz CT molecular complexity index is 531. The van der Waals surface area contributed by atoms with E-state index in [1.165, 1.54) is 6.26 Å². The second-order valence-corrected chi connectivity index (χ2v) is 3.57. The third kappa shape index (κ3) is 2.47. The molecule has 2 rings (SSSR count). The molecule has 2 aromatic rings. The molecule has 0 atom stereocenters. The van der Waals surface area contributed by atoms with Gasteiger partial charge < -0.3 is 14.9 Å². The van der Waals surface area contributed by atoms with Gasteiger partial charge in [0.05, 0.1) is 11.8 Å². The number of rotatable bonds is 3. The number of furan rings is 1. The van der Waals surface area contributed by atoms with Gasteiger partial charge in [0, 0.05) is 12.1 Å². The molecule has 2 N–H and O–H groups in total. The maximum atomic E-state index is 11.2. The highest BCUT2D eigenvalue weighted by Crippen LogP contribution is 2.32. The Morgan fingerprint density at radius 2 is 2.24 bits per heavy atom. The van der Waals surface area contributed by atoms with Gasteiger partial charge >= 0.3 is 5.97 Å². The number of nitrogen functional groups attached to an aromatic ring is 1. The second kappa shape index (κ2) is 4.74. The van der Waals surface area contributed by atoms with Crippen molar-refractivity contribution in [3.05, 3.63) is 36.6 Å². The number of hydrogen-bond acceptors (Lipinski definition) is 4. The Kier molecular flexibility index (Phi) is 3.14. The predicted molar refractivity (Wildman–Crippen MR) is 64.5 cm³/mol. The molecule has 0 fully saturated rings. The van der Waals surface area contributed by atoms with Crippen LogP contribution in [0.2, 0.25) is 0 Å². The molecular weight excluding hydrogens is 218 g/mol. The van der Waals surface area contributed by atoms with Crippen LogP contribution in [0.3, 0.4) is 0 Å². The first-order chi connectivity index (χ1) is 8.20. The summed E-state index contributed by atoms with van der Waals surface area (Å²) < 4.78 is 10.2. The molecule has 88 valence electrons. The molecule has 0 aliphatic heterocycles. The second-order valence-electron chi connectivity index (χ2n) is 3.57. The summed E-state index contributed by atoms with van der Waals surface area (Å²) in [5.41, 5.74) is 7.93. The van der Waals surface area contributed by atoms with E-state index in [1.807, 2.05) is 12.1 Å². The van der Waals surface area contributed by atoms with E-state index in [-0.39, 0.29) is 11.9 Å². The summed E-state index contributed by atoms with van der Waals surface area (Å²) in [6.07, 6.45) is 1.79. The lowest BCUT2D eigenvalue weighted by atomic mass is 10.1. The van der Waals surface area contributed by atoms with Crippen molar-refractivity contribution in [2.24, 2.45) is 0 Å². The van der Waals surface area contributed by atoms with Crippen molar-refractivity contribution in [1.82, 2.24) is 0 Å². The van der Waals surface area contributed by atoms with Gasteiger partial charge in [-0.3, -0.25) is 4.79 Å². The summed E-state index contributed by atoms with van der Waals surface area (Å²) in [6, 6.07) is 9.05. The van der Waals surface area contributed by atoms with Gasteiger partial charge in [-0.15, -0.1) is 0 Å². The first-order valence-corrected chi connectivity index (χ1v) is 5.34. The van der Waals surface area contributed by atoms with Crippen LogP contribution in [-0.4, -0.2) is 5.97 Å². The summed E-state index contributed by atoms with van der Waals surface area (Å²) in [7, 11) is 0. The largest absolute Gasteiger partial charge is 0.433 e. The van der Waals surface area contributed by atoms with Crippen LogP contribution in [0.4, 0.5) is 5.69 Å². The predicted octanol–water partition coefficient (Wildman–Crippen LogP) is 2.84. The van der Waals surface area contributed by atoms with E-state index in [0.29, 0.717) is 12.1 Å². The van der Waals surface area contributed by atoms with Gasteiger partial charge in [0.15, 0.2) is 0 Å². The molecule has 0 unspecified atom stereocenters. The van der Waals surface area contributed by atoms with Crippen LogP contribution in [0.25, 0.3) is 11.1 Å². The highest BCUT2D eigenvalue weighted by Gasteiger charge is 2.13. The molecule has 0 saturated carbocycles. The Morgan fingerprint density at radius 3 is 2.94 bits per heavy atom. The van der Waals surface area contributed by atoms with Crippen molar-refractivity contribution in [2.75, 3.05) is 5.73 Å². The van der Waals surface area contributed by atoms with E-state index in [4.69, 9.17) is 14.9 Å². The fourth-order valence-corrected chi connectivity index (χ4v) is 1.47. The van der Waals surface area contributed by atoms with Crippen molar-refractivity contribution in [3.8, 4) is 17.1 Å². The van der Waals surface area contributed by atoms with Gasteiger partial charge in [0.2, 0.25) is 0 Å². The number of nitrogens with two attached hydrogens (primary N) is 1. The minimum absolute atomic E-state index is 0.211. The summed E-state index contributed by atoms with van der Waals surface area (Å²) >= 11 is 0. The maximum Gasteiger partial charge on any atom is 0.313 e. The lowest BCUT2D eigenvalue weighted by molar-refractivity contribution is -0.135. The van der Waals surface area contributed by atoms with Gasteiger partial charge in [0.25, 0.3) is 5.95 Å². The third-order valence-electron chi connectivity index (χ3n) is 2.32. The minimum atomic E-state index is -0.329. The molecule has 0 radical (unpaired) electrons. The quantitative estimate of drug-likeness (QED) is 0.651. The third-order valence-corrected chi connectivity index (χ3v) is 2.32. The van der Waals surface area contributed by atoms with Crippen molar-refractivity contribution in [2.45, 2.75) is 13.3 Å².